The summed E-state index contributed by atoms with van der Waals surface area (Å²) >= 11 is 1.35. The molecule has 0 radical (unpaired) electrons. The lowest BCUT2D eigenvalue weighted by molar-refractivity contribution is -0.119. The Kier molecular flexibility index (Phi) is 6.07. The number of rotatable bonds is 7. The van der Waals surface area contributed by atoms with E-state index in [1.54, 1.807) is 0 Å². The summed E-state index contributed by atoms with van der Waals surface area (Å²) in [5.74, 6) is 1.68. The number of carbonyl (C=O) groups excluding carboxylic acids is 1. The van der Waals surface area contributed by atoms with Gasteiger partial charge in [-0.2, -0.15) is 0 Å². The van der Waals surface area contributed by atoms with Gasteiger partial charge in [-0.15, -0.1) is 10.2 Å². The molecule has 0 aromatic carbocycles. The standard InChI is InChI=1S/C14H24N4O3S2/c1-4-10(2)15-13(19)8-22-14-17-16-12(18(14)3)7-11-5-6-23(20,21)9-11/h10-11H,4-9H2,1-3H3,(H,15,19)/t10-,11-/m0/s1. The molecule has 130 valence electrons. The van der Waals surface area contributed by atoms with Gasteiger partial charge < -0.3 is 9.88 Å². The number of nitrogens with zero attached hydrogens (tertiary/aromatic N) is 3. The Morgan fingerprint density at radius 1 is 1.48 bits per heavy atom. The van der Waals surface area contributed by atoms with Gasteiger partial charge in [0.1, 0.15) is 5.82 Å². The number of nitrogens with one attached hydrogen (secondary N) is 1. The second-order valence-electron chi connectivity index (χ2n) is 6.10. The van der Waals surface area contributed by atoms with Crippen LogP contribution >= 0.6 is 11.8 Å². The number of sulfone groups is 1. The number of carbonyl (C=O) groups is 1. The van der Waals surface area contributed by atoms with Crippen LogP contribution in [0.2, 0.25) is 0 Å². The minimum Gasteiger partial charge on any atom is -0.353 e. The lowest BCUT2D eigenvalue weighted by Crippen LogP contribution is -2.33. The van der Waals surface area contributed by atoms with E-state index < -0.39 is 9.84 Å². The van der Waals surface area contributed by atoms with E-state index in [0.717, 1.165) is 12.2 Å². The average molecular weight is 361 g/mol. The third kappa shape index (κ3) is 5.20. The van der Waals surface area contributed by atoms with Crippen LogP contribution in [0.5, 0.6) is 0 Å². The summed E-state index contributed by atoms with van der Waals surface area (Å²) in [5, 5.41) is 11.9. The van der Waals surface area contributed by atoms with Gasteiger partial charge in [0.2, 0.25) is 5.91 Å². The van der Waals surface area contributed by atoms with E-state index in [-0.39, 0.29) is 29.4 Å². The van der Waals surface area contributed by atoms with E-state index in [1.165, 1.54) is 11.8 Å². The zero-order valence-electron chi connectivity index (χ0n) is 13.8. The minimum absolute atomic E-state index is 0.0178. The molecule has 1 fully saturated rings. The van der Waals surface area contributed by atoms with Crippen molar-refractivity contribution >= 4 is 27.5 Å². The van der Waals surface area contributed by atoms with Crippen molar-refractivity contribution in [2.75, 3.05) is 17.3 Å². The minimum atomic E-state index is -2.87. The predicted molar refractivity (Wildman–Crippen MR) is 90.1 cm³/mol. The van der Waals surface area contributed by atoms with Gasteiger partial charge in [-0.1, -0.05) is 18.7 Å². The lowest BCUT2D eigenvalue weighted by atomic mass is 10.1. The van der Waals surface area contributed by atoms with Crippen LogP contribution in [-0.2, 0) is 28.1 Å². The van der Waals surface area contributed by atoms with E-state index in [0.29, 0.717) is 23.8 Å². The maximum atomic E-state index is 11.8. The van der Waals surface area contributed by atoms with Gasteiger partial charge in [0.25, 0.3) is 0 Å². The molecule has 1 N–H and O–H groups in total. The molecule has 0 unspecified atom stereocenters. The van der Waals surface area contributed by atoms with Crippen LogP contribution in [0.4, 0.5) is 0 Å². The third-order valence-electron chi connectivity index (χ3n) is 4.08. The van der Waals surface area contributed by atoms with E-state index >= 15 is 0 Å². The first-order chi connectivity index (χ1) is 10.8. The maximum absolute atomic E-state index is 11.8. The van der Waals surface area contributed by atoms with Crippen molar-refractivity contribution in [1.82, 2.24) is 20.1 Å². The summed E-state index contributed by atoms with van der Waals surface area (Å²) in [5.41, 5.74) is 0. The van der Waals surface area contributed by atoms with Gasteiger partial charge >= 0.3 is 0 Å². The Hall–Kier alpha value is -1.09. The SMILES string of the molecule is CC[C@H](C)NC(=O)CSc1nnc(C[C@@H]2CCS(=O)(=O)C2)n1C. The molecule has 2 heterocycles. The Balaban J connectivity index is 1.88. The molecule has 23 heavy (non-hydrogen) atoms. The molecule has 2 rings (SSSR count). The fourth-order valence-electron chi connectivity index (χ4n) is 2.49. The van der Waals surface area contributed by atoms with E-state index in [1.807, 2.05) is 25.5 Å². The van der Waals surface area contributed by atoms with Gasteiger partial charge in [0.15, 0.2) is 15.0 Å². The van der Waals surface area contributed by atoms with Crippen LogP contribution < -0.4 is 5.32 Å². The van der Waals surface area contributed by atoms with E-state index in [4.69, 9.17) is 0 Å². The first-order valence-electron chi connectivity index (χ1n) is 7.81. The van der Waals surface area contributed by atoms with Crippen molar-refractivity contribution in [3.05, 3.63) is 5.82 Å². The average Bonchev–Trinajstić information content (AvgIpc) is 3.00. The van der Waals surface area contributed by atoms with Crippen LogP contribution in [0.3, 0.4) is 0 Å². The van der Waals surface area contributed by atoms with Crippen molar-refractivity contribution in [3.8, 4) is 0 Å². The van der Waals surface area contributed by atoms with Crippen molar-refractivity contribution in [2.24, 2.45) is 13.0 Å². The number of thioether (sulfide) groups is 1. The summed E-state index contributed by atoms with van der Waals surface area (Å²) in [6, 6.07) is 0.169. The molecule has 1 saturated heterocycles. The van der Waals surface area contributed by atoms with Crippen LogP contribution in [0, 0.1) is 5.92 Å². The molecule has 9 heteroatoms. The second kappa shape index (κ2) is 7.65. The Morgan fingerprint density at radius 3 is 2.83 bits per heavy atom. The summed E-state index contributed by atoms with van der Waals surface area (Å²) in [6.07, 6.45) is 2.20. The van der Waals surface area contributed by atoms with Crippen molar-refractivity contribution < 1.29 is 13.2 Å². The number of amides is 1. The highest BCUT2D eigenvalue weighted by molar-refractivity contribution is 7.99. The third-order valence-corrected chi connectivity index (χ3v) is 6.93. The van der Waals surface area contributed by atoms with Gasteiger partial charge in [-0.3, -0.25) is 4.79 Å². The van der Waals surface area contributed by atoms with Gasteiger partial charge in [0, 0.05) is 19.5 Å². The van der Waals surface area contributed by atoms with Crippen molar-refractivity contribution in [3.63, 3.8) is 0 Å². The van der Waals surface area contributed by atoms with Crippen LogP contribution in [0.25, 0.3) is 0 Å². The molecular formula is C14H24N4O3S2. The van der Waals surface area contributed by atoms with Gasteiger partial charge in [-0.25, -0.2) is 8.42 Å². The molecule has 1 aliphatic rings. The van der Waals surface area contributed by atoms with E-state index in [9.17, 15) is 13.2 Å². The van der Waals surface area contributed by atoms with Crippen molar-refractivity contribution in [1.29, 1.82) is 0 Å². The fourth-order valence-corrected chi connectivity index (χ4v) is 5.09. The molecule has 1 aromatic heterocycles. The summed E-state index contributed by atoms with van der Waals surface area (Å²) < 4.78 is 24.9. The molecule has 2 atom stereocenters. The smallest absolute Gasteiger partial charge is 0.230 e. The van der Waals surface area contributed by atoms with Crippen LogP contribution in [0.1, 0.15) is 32.5 Å². The highest BCUT2D eigenvalue weighted by atomic mass is 32.2. The van der Waals surface area contributed by atoms with Crippen LogP contribution in [0.15, 0.2) is 5.16 Å². The summed E-state index contributed by atoms with van der Waals surface area (Å²) in [4.78, 5) is 11.8. The molecule has 0 saturated carbocycles. The molecule has 0 bridgehead atoms. The molecular weight excluding hydrogens is 336 g/mol. The maximum Gasteiger partial charge on any atom is 0.230 e. The number of hydrogen-bond acceptors (Lipinski definition) is 6. The highest BCUT2D eigenvalue weighted by Gasteiger charge is 2.29. The summed E-state index contributed by atoms with van der Waals surface area (Å²) in [6.45, 7) is 3.99. The zero-order valence-corrected chi connectivity index (χ0v) is 15.4. The zero-order chi connectivity index (χ0) is 17.0. The van der Waals surface area contributed by atoms with E-state index in [2.05, 4.69) is 15.5 Å². The van der Waals surface area contributed by atoms with Crippen LogP contribution in [-0.4, -0.2) is 52.4 Å². The Morgan fingerprint density at radius 2 is 2.22 bits per heavy atom. The first kappa shape index (κ1) is 18.3. The molecule has 0 spiro atoms. The normalized spacial score (nSPS) is 21.3. The largest absolute Gasteiger partial charge is 0.353 e. The molecule has 1 aromatic rings. The Bertz CT molecular complexity index is 657. The Labute approximate surface area is 141 Å². The first-order valence-corrected chi connectivity index (χ1v) is 10.6. The summed E-state index contributed by atoms with van der Waals surface area (Å²) in [7, 11) is -1.02. The fraction of sp³-hybridized carbons (Fsp3) is 0.786. The highest BCUT2D eigenvalue weighted by Crippen LogP contribution is 2.23. The molecule has 0 aliphatic carbocycles. The monoisotopic (exact) mass is 360 g/mol. The molecule has 1 amide bonds. The number of aromatic nitrogens is 3. The lowest BCUT2D eigenvalue weighted by Gasteiger charge is -2.11. The number of hydrogen-bond donors (Lipinski definition) is 1. The quantitative estimate of drug-likeness (QED) is 0.723. The van der Waals surface area contributed by atoms with Crippen molar-refractivity contribution in [2.45, 2.75) is 44.3 Å². The predicted octanol–water partition coefficient (Wildman–Crippen LogP) is 0.799. The molecule has 1 aliphatic heterocycles. The molecule has 7 nitrogen and oxygen atoms in total. The van der Waals surface area contributed by atoms with Gasteiger partial charge in [0.05, 0.1) is 17.3 Å². The second-order valence-corrected chi connectivity index (χ2v) is 9.27. The topological polar surface area (TPSA) is 94.0 Å². The van der Waals surface area contributed by atoms with Gasteiger partial charge in [-0.05, 0) is 25.7 Å².